The molecule has 0 amide bonds. The molecule has 5 nitrogen and oxygen atoms in total. The zero-order valence-corrected chi connectivity index (χ0v) is 9.36. The lowest BCUT2D eigenvalue weighted by molar-refractivity contribution is -0.138. The molecule has 88 valence electrons. The van der Waals surface area contributed by atoms with Crippen molar-refractivity contribution in [1.82, 2.24) is 9.97 Å². The average molecular weight is 223 g/mol. The van der Waals surface area contributed by atoms with Gasteiger partial charge in [-0.25, -0.2) is 4.98 Å². The van der Waals surface area contributed by atoms with Crippen molar-refractivity contribution in [2.75, 3.05) is 0 Å². The van der Waals surface area contributed by atoms with E-state index in [9.17, 15) is 4.79 Å². The van der Waals surface area contributed by atoms with Crippen LogP contribution in [0.15, 0.2) is 0 Å². The Balaban J connectivity index is 2.10. The predicted octanol–water partition coefficient (Wildman–Crippen LogP) is 0.489. The van der Waals surface area contributed by atoms with Gasteiger partial charge in [0.1, 0.15) is 11.9 Å². The van der Waals surface area contributed by atoms with Crippen LogP contribution in [0, 0.1) is 5.92 Å². The number of aliphatic carboxylic acids is 1. The standard InChI is InChI=1S/C11H17N3O2/c1-6-2-3-8-9(4-6)14-10(13-8)5-7(12)11(15)16/h6-7H,2-5,12H2,1H3,(H,13,14)(H,15,16)/t6?,7-/m0/s1. The Morgan fingerprint density at radius 2 is 2.50 bits per heavy atom. The van der Waals surface area contributed by atoms with Crippen molar-refractivity contribution in [2.45, 2.75) is 38.6 Å². The third kappa shape index (κ3) is 2.24. The zero-order valence-electron chi connectivity index (χ0n) is 9.36. The van der Waals surface area contributed by atoms with E-state index in [2.05, 4.69) is 16.9 Å². The van der Waals surface area contributed by atoms with Crippen LogP contribution >= 0.6 is 0 Å². The number of aryl methyl sites for hydroxylation is 1. The molecule has 0 saturated heterocycles. The molecule has 0 saturated carbocycles. The number of nitrogens with zero attached hydrogens (tertiary/aromatic N) is 1. The van der Waals surface area contributed by atoms with Crippen LogP contribution in [-0.4, -0.2) is 27.1 Å². The number of carboxylic acids is 1. The number of fused-ring (bicyclic) bond motifs is 1. The number of H-pyrrole nitrogens is 1. The normalized spacial score (nSPS) is 21.5. The van der Waals surface area contributed by atoms with Gasteiger partial charge < -0.3 is 15.8 Å². The van der Waals surface area contributed by atoms with Gasteiger partial charge in [-0.2, -0.15) is 0 Å². The monoisotopic (exact) mass is 223 g/mol. The number of hydrogen-bond acceptors (Lipinski definition) is 3. The first-order valence-corrected chi connectivity index (χ1v) is 5.61. The Morgan fingerprint density at radius 1 is 1.75 bits per heavy atom. The number of nitrogens with two attached hydrogens (primary N) is 1. The minimum atomic E-state index is -0.984. The molecule has 2 atom stereocenters. The van der Waals surface area contributed by atoms with Crippen molar-refractivity contribution in [3.8, 4) is 0 Å². The van der Waals surface area contributed by atoms with Crippen LogP contribution in [0.25, 0.3) is 0 Å². The van der Waals surface area contributed by atoms with Crippen molar-refractivity contribution in [1.29, 1.82) is 0 Å². The second-order valence-corrected chi connectivity index (χ2v) is 4.61. The molecular weight excluding hydrogens is 206 g/mol. The van der Waals surface area contributed by atoms with Crippen LogP contribution in [0.1, 0.15) is 30.6 Å². The highest BCUT2D eigenvalue weighted by molar-refractivity contribution is 5.73. The van der Waals surface area contributed by atoms with E-state index in [1.807, 2.05) is 0 Å². The van der Waals surface area contributed by atoms with Crippen LogP contribution in [0.5, 0.6) is 0 Å². The number of nitrogens with one attached hydrogen (secondary N) is 1. The third-order valence-electron chi connectivity index (χ3n) is 3.07. The molecule has 1 unspecified atom stereocenters. The van der Waals surface area contributed by atoms with Crippen molar-refractivity contribution in [2.24, 2.45) is 11.7 Å². The number of aromatic amines is 1. The van der Waals surface area contributed by atoms with E-state index in [1.165, 1.54) is 0 Å². The number of hydrogen-bond donors (Lipinski definition) is 3. The van der Waals surface area contributed by atoms with Gasteiger partial charge in [0.05, 0.1) is 5.69 Å². The van der Waals surface area contributed by atoms with E-state index < -0.39 is 12.0 Å². The fraction of sp³-hybridized carbons (Fsp3) is 0.636. The Labute approximate surface area is 94.1 Å². The summed E-state index contributed by atoms with van der Waals surface area (Å²) < 4.78 is 0. The largest absolute Gasteiger partial charge is 0.480 e. The maximum atomic E-state index is 10.6. The Kier molecular flexibility index (Phi) is 2.96. The van der Waals surface area contributed by atoms with E-state index in [-0.39, 0.29) is 6.42 Å². The minimum absolute atomic E-state index is 0.275. The number of aromatic nitrogens is 2. The Bertz CT molecular complexity index is 400. The maximum Gasteiger partial charge on any atom is 0.320 e. The van der Waals surface area contributed by atoms with E-state index in [0.29, 0.717) is 11.7 Å². The first-order chi connectivity index (χ1) is 7.56. The second-order valence-electron chi connectivity index (χ2n) is 4.61. The number of rotatable bonds is 3. The summed E-state index contributed by atoms with van der Waals surface area (Å²) >= 11 is 0. The van der Waals surface area contributed by atoms with Gasteiger partial charge in [0.2, 0.25) is 0 Å². The molecule has 2 rings (SSSR count). The van der Waals surface area contributed by atoms with Gasteiger partial charge in [-0.1, -0.05) is 6.92 Å². The molecule has 0 aromatic carbocycles. The molecule has 16 heavy (non-hydrogen) atoms. The molecule has 1 aromatic heterocycles. The van der Waals surface area contributed by atoms with Gasteiger partial charge in [-0.15, -0.1) is 0 Å². The number of carbonyl (C=O) groups is 1. The summed E-state index contributed by atoms with van der Waals surface area (Å²) in [4.78, 5) is 18.2. The molecule has 0 aliphatic heterocycles. The molecule has 1 aliphatic rings. The summed E-state index contributed by atoms with van der Waals surface area (Å²) in [6.45, 7) is 2.21. The maximum absolute atomic E-state index is 10.6. The summed E-state index contributed by atoms with van der Waals surface area (Å²) in [6.07, 6.45) is 3.42. The van der Waals surface area contributed by atoms with Gasteiger partial charge in [0.15, 0.2) is 0 Å². The second kappa shape index (κ2) is 4.25. The lowest BCUT2D eigenvalue weighted by atomic mass is 9.92. The quantitative estimate of drug-likeness (QED) is 0.695. The fourth-order valence-electron chi connectivity index (χ4n) is 2.11. The molecule has 4 N–H and O–H groups in total. The van der Waals surface area contributed by atoms with Crippen molar-refractivity contribution in [3.05, 3.63) is 17.2 Å². The van der Waals surface area contributed by atoms with Crippen LogP contribution in [0.4, 0.5) is 0 Å². The van der Waals surface area contributed by atoms with Crippen LogP contribution < -0.4 is 5.73 Å². The summed E-state index contributed by atoms with van der Waals surface area (Å²) in [7, 11) is 0. The zero-order chi connectivity index (χ0) is 11.7. The van der Waals surface area contributed by atoms with Crippen LogP contribution in [-0.2, 0) is 24.1 Å². The minimum Gasteiger partial charge on any atom is -0.480 e. The highest BCUT2D eigenvalue weighted by atomic mass is 16.4. The van der Waals surface area contributed by atoms with Crippen molar-refractivity contribution in [3.63, 3.8) is 0 Å². The predicted molar refractivity (Wildman–Crippen MR) is 59.1 cm³/mol. The first-order valence-electron chi connectivity index (χ1n) is 5.61. The highest BCUT2D eigenvalue weighted by Gasteiger charge is 2.21. The number of carboxylic acid groups (broad SMARTS) is 1. The van der Waals surface area contributed by atoms with Crippen LogP contribution in [0.3, 0.4) is 0 Å². The average Bonchev–Trinajstić information content (AvgIpc) is 2.58. The summed E-state index contributed by atoms with van der Waals surface area (Å²) in [6, 6.07) is -0.870. The van der Waals surface area contributed by atoms with Gasteiger partial charge >= 0.3 is 5.97 Å². The van der Waals surface area contributed by atoms with E-state index in [4.69, 9.17) is 10.8 Å². The van der Waals surface area contributed by atoms with Crippen molar-refractivity contribution >= 4 is 5.97 Å². The molecule has 0 fully saturated rings. The molecule has 0 radical (unpaired) electrons. The first kappa shape index (κ1) is 11.1. The number of imidazole rings is 1. The Hall–Kier alpha value is -1.36. The van der Waals surface area contributed by atoms with Gasteiger partial charge in [0.25, 0.3) is 0 Å². The molecule has 5 heteroatoms. The summed E-state index contributed by atoms with van der Waals surface area (Å²) in [5.41, 5.74) is 7.72. The highest BCUT2D eigenvalue weighted by Crippen LogP contribution is 2.23. The molecular formula is C11H17N3O2. The molecule has 1 aliphatic carbocycles. The van der Waals surface area contributed by atoms with Crippen molar-refractivity contribution < 1.29 is 9.90 Å². The van der Waals surface area contributed by atoms with Gasteiger partial charge in [-0.05, 0) is 25.2 Å². The van der Waals surface area contributed by atoms with Gasteiger partial charge in [0, 0.05) is 12.1 Å². The third-order valence-corrected chi connectivity index (χ3v) is 3.07. The summed E-state index contributed by atoms with van der Waals surface area (Å²) in [5.74, 6) is 0.394. The van der Waals surface area contributed by atoms with E-state index in [1.54, 1.807) is 0 Å². The molecule has 0 bridgehead atoms. The van der Waals surface area contributed by atoms with Gasteiger partial charge in [-0.3, -0.25) is 4.79 Å². The molecule has 0 spiro atoms. The Morgan fingerprint density at radius 3 is 3.19 bits per heavy atom. The van der Waals surface area contributed by atoms with E-state index in [0.717, 1.165) is 30.7 Å². The molecule has 1 aromatic rings. The smallest absolute Gasteiger partial charge is 0.320 e. The SMILES string of the molecule is CC1CCc2nc(C[C@H](N)C(=O)O)[nH]c2C1. The molecule has 1 heterocycles. The summed E-state index contributed by atoms with van der Waals surface area (Å²) in [5, 5.41) is 8.72. The van der Waals surface area contributed by atoms with Crippen LogP contribution in [0.2, 0.25) is 0 Å². The van der Waals surface area contributed by atoms with E-state index >= 15 is 0 Å². The lowest BCUT2D eigenvalue weighted by Gasteiger charge is -2.15. The lowest BCUT2D eigenvalue weighted by Crippen LogP contribution is -2.32. The topological polar surface area (TPSA) is 92.0 Å². The fourth-order valence-corrected chi connectivity index (χ4v) is 2.11.